The van der Waals surface area contributed by atoms with E-state index in [2.05, 4.69) is 22.3 Å². The van der Waals surface area contributed by atoms with Crippen molar-refractivity contribution in [2.75, 3.05) is 25.9 Å². The van der Waals surface area contributed by atoms with Crippen LogP contribution in [0.4, 0.5) is 0 Å². The first-order chi connectivity index (χ1) is 14.8. The summed E-state index contributed by atoms with van der Waals surface area (Å²) in [5.74, 6) is -0.348. The Morgan fingerprint density at radius 1 is 1.06 bits per heavy atom. The van der Waals surface area contributed by atoms with Crippen LogP contribution in [0.2, 0.25) is 5.02 Å². The maximum atomic E-state index is 12.5. The smallest absolute Gasteiger partial charge is 0.235 e. The van der Waals surface area contributed by atoms with Gasteiger partial charge in [-0.15, -0.1) is 0 Å². The first-order valence-electron chi connectivity index (χ1n) is 10.6. The minimum Gasteiger partial charge on any atom is -0.351 e. The lowest BCUT2D eigenvalue weighted by molar-refractivity contribution is -0.121. The van der Waals surface area contributed by atoms with Crippen molar-refractivity contribution in [2.24, 2.45) is 0 Å². The number of piperidine rings is 1. The molecule has 1 N–H and O–H groups in total. The van der Waals surface area contributed by atoms with E-state index in [1.54, 1.807) is 24.3 Å². The van der Waals surface area contributed by atoms with Crippen molar-refractivity contribution in [3.8, 4) is 0 Å². The highest BCUT2D eigenvalue weighted by atomic mass is 35.5. The number of halogens is 1. The van der Waals surface area contributed by atoms with Crippen molar-refractivity contribution >= 4 is 27.5 Å². The Morgan fingerprint density at radius 3 is 2.48 bits per heavy atom. The van der Waals surface area contributed by atoms with E-state index in [9.17, 15) is 13.2 Å². The minimum atomic E-state index is -3.57. The van der Waals surface area contributed by atoms with Crippen LogP contribution in [0.3, 0.4) is 0 Å². The molecule has 0 aliphatic carbocycles. The van der Waals surface area contributed by atoms with Gasteiger partial charge in [0, 0.05) is 24.7 Å². The minimum absolute atomic E-state index is 0.0528. The van der Waals surface area contributed by atoms with Crippen LogP contribution < -0.4 is 5.32 Å². The van der Waals surface area contributed by atoms with E-state index in [0.717, 1.165) is 35.8 Å². The lowest BCUT2D eigenvalue weighted by atomic mass is 10.1. The molecule has 0 unspecified atom stereocenters. The first-order valence-corrected chi connectivity index (χ1v) is 12.8. The van der Waals surface area contributed by atoms with Crippen molar-refractivity contribution in [3.63, 3.8) is 0 Å². The summed E-state index contributed by atoms with van der Waals surface area (Å²) in [6, 6.07) is 15.2. The first kappa shape index (κ1) is 23.7. The highest BCUT2D eigenvalue weighted by Crippen LogP contribution is 2.18. The molecule has 2 aromatic carbocycles. The van der Waals surface area contributed by atoms with E-state index in [0.29, 0.717) is 17.1 Å². The fourth-order valence-electron chi connectivity index (χ4n) is 3.74. The number of likely N-dealkylation sites (tertiary alicyclic amines) is 1. The number of rotatable bonds is 9. The normalized spacial score (nSPS) is 15.2. The van der Waals surface area contributed by atoms with Gasteiger partial charge in [-0.3, -0.25) is 9.69 Å². The topological polar surface area (TPSA) is 69.7 Å². The molecule has 2 aromatic rings. The van der Waals surface area contributed by atoms with Crippen LogP contribution in [0.25, 0.3) is 0 Å². The summed E-state index contributed by atoms with van der Waals surface area (Å²) < 4.78 is 25.5. The summed E-state index contributed by atoms with van der Waals surface area (Å²) in [5, 5.41) is 3.32. The van der Waals surface area contributed by atoms with Crippen molar-refractivity contribution in [2.45, 2.75) is 38.9 Å². The van der Waals surface area contributed by atoms with Gasteiger partial charge in [-0.2, -0.15) is 4.31 Å². The van der Waals surface area contributed by atoms with Crippen molar-refractivity contribution in [1.29, 1.82) is 0 Å². The van der Waals surface area contributed by atoms with Gasteiger partial charge in [-0.25, -0.2) is 8.42 Å². The molecule has 1 heterocycles. The van der Waals surface area contributed by atoms with Gasteiger partial charge in [0.05, 0.1) is 12.8 Å². The molecular formula is C23H30ClN3O3S. The molecule has 3 rings (SSSR count). The predicted molar refractivity (Wildman–Crippen MR) is 124 cm³/mol. The molecule has 0 radical (unpaired) electrons. The average Bonchev–Trinajstić information content (AvgIpc) is 2.74. The fourth-order valence-corrected chi connectivity index (χ4v) is 4.66. The summed E-state index contributed by atoms with van der Waals surface area (Å²) in [6.45, 7) is 3.34. The summed E-state index contributed by atoms with van der Waals surface area (Å²) in [5.41, 5.74) is 2.89. The Kier molecular flexibility index (Phi) is 8.49. The molecule has 1 amide bonds. The zero-order valence-electron chi connectivity index (χ0n) is 17.9. The molecule has 8 heteroatoms. The van der Waals surface area contributed by atoms with E-state index in [1.165, 1.54) is 24.8 Å². The van der Waals surface area contributed by atoms with Gasteiger partial charge in [0.25, 0.3) is 0 Å². The molecule has 1 aliphatic rings. The Balaban J connectivity index is 1.56. The van der Waals surface area contributed by atoms with Gasteiger partial charge >= 0.3 is 0 Å². The number of carbonyl (C=O) groups is 1. The lowest BCUT2D eigenvalue weighted by Crippen LogP contribution is -2.39. The third kappa shape index (κ3) is 7.61. The number of amides is 1. The average molecular weight is 464 g/mol. The number of hydrogen-bond donors (Lipinski definition) is 1. The number of nitrogens with zero attached hydrogens (tertiary/aromatic N) is 2. The summed E-state index contributed by atoms with van der Waals surface area (Å²) >= 11 is 6.16. The second kappa shape index (κ2) is 11.1. The van der Waals surface area contributed by atoms with Crippen molar-refractivity contribution in [3.05, 3.63) is 70.2 Å². The maximum absolute atomic E-state index is 12.5. The van der Waals surface area contributed by atoms with Crippen LogP contribution in [-0.4, -0.2) is 49.4 Å². The van der Waals surface area contributed by atoms with Gasteiger partial charge < -0.3 is 5.32 Å². The molecule has 0 aromatic heterocycles. The molecule has 0 spiro atoms. The standard InChI is InChI=1S/C23H30ClN3O3S/c1-31(29,30)27(17-21-10-3-4-11-22(21)24)18-23(28)25-15-19-8-7-9-20(14-19)16-26-12-5-2-6-13-26/h3-4,7-11,14H,2,5-6,12-13,15-18H2,1H3,(H,25,28). The zero-order chi connectivity index (χ0) is 22.3. The summed E-state index contributed by atoms with van der Waals surface area (Å²) in [7, 11) is -3.57. The molecule has 6 nitrogen and oxygen atoms in total. The van der Waals surface area contributed by atoms with Gasteiger partial charge in [0.1, 0.15) is 0 Å². The molecule has 168 valence electrons. The molecule has 1 saturated heterocycles. The van der Waals surface area contributed by atoms with Crippen LogP contribution >= 0.6 is 11.6 Å². The van der Waals surface area contributed by atoms with Gasteiger partial charge in [-0.1, -0.05) is 60.5 Å². The van der Waals surface area contributed by atoms with E-state index >= 15 is 0 Å². The largest absolute Gasteiger partial charge is 0.351 e. The fraction of sp³-hybridized carbons (Fsp3) is 0.435. The van der Waals surface area contributed by atoms with Crippen LogP contribution in [0.5, 0.6) is 0 Å². The number of sulfonamides is 1. The van der Waals surface area contributed by atoms with Crippen LogP contribution in [0.15, 0.2) is 48.5 Å². The molecular weight excluding hydrogens is 434 g/mol. The van der Waals surface area contributed by atoms with Crippen LogP contribution in [-0.2, 0) is 34.5 Å². The van der Waals surface area contributed by atoms with Crippen LogP contribution in [0, 0.1) is 0 Å². The van der Waals surface area contributed by atoms with Gasteiger partial charge in [-0.05, 0) is 48.7 Å². The monoisotopic (exact) mass is 463 g/mol. The number of carbonyl (C=O) groups excluding carboxylic acids is 1. The van der Waals surface area contributed by atoms with Crippen LogP contribution in [0.1, 0.15) is 36.0 Å². The molecule has 0 atom stereocenters. The summed E-state index contributed by atoms with van der Waals surface area (Å²) in [4.78, 5) is 15.0. The van der Waals surface area contributed by atoms with E-state index in [4.69, 9.17) is 11.6 Å². The second-order valence-corrected chi connectivity index (χ2v) is 10.4. The SMILES string of the molecule is CS(=O)(=O)N(CC(=O)NCc1cccc(CN2CCCCC2)c1)Cc1ccccc1Cl. The Labute approximate surface area is 190 Å². The third-order valence-electron chi connectivity index (χ3n) is 5.43. The number of benzene rings is 2. The number of nitrogens with one attached hydrogen (secondary N) is 1. The second-order valence-electron chi connectivity index (χ2n) is 8.06. The van der Waals surface area contributed by atoms with E-state index in [1.807, 2.05) is 12.1 Å². The van der Waals surface area contributed by atoms with Gasteiger partial charge in [0.15, 0.2) is 0 Å². The van der Waals surface area contributed by atoms with Crippen molar-refractivity contribution < 1.29 is 13.2 Å². The molecule has 31 heavy (non-hydrogen) atoms. The van der Waals surface area contributed by atoms with Crippen molar-refractivity contribution in [1.82, 2.24) is 14.5 Å². The van der Waals surface area contributed by atoms with E-state index in [-0.39, 0.29) is 19.0 Å². The highest BCUT2D eigenvalue weighted by Gasteiger charge is 2.21. The molecule has 0 bridgehead atoms. The Hall–Kier alpha value is -1.93. The Bertz CT molecular complexity index is 991. The quantitative estimate of drug-likeness (QED) is 0.618. The highest BCUT2D eigenvalue weighted by molar-refractivity contribution is 7.88. The lowest BCUT2D eigenvalue weighted by Gasteiger charge is -2.26. The molecule has 1 fully saturated rings. The number of hydrogen-bond acceptors (Lipinski definition) is 4. The maximum Gasteiger partial charge on any atom is 0.235 e. The molecule has 0 saturated carbocycles. The summed E-state index contributed by atoms with van der Waals surface area (Å²) in [6.07, 6.45) is 4.91. The Morgan fingerprint density at radius 2 is 1.77 bits per heavy atom. The third-order valence-corrected chi connectivity index (χ3v) is 6.99. The molecule has 1 aliphatic heterocycles. The zero-order valence-corrected chi connectivity index (χ0v) is 19.5. The van der Waals surface area contributed by atoms with E-state index < -0.39 is 10.0 Å². The predicted octanol–water partition coefficient (Wildman–Crippen LogP) is 3.40. The van der Waals surface area contributed by atoms with Gasteiger partial charge in [0.2, 0.25) is 15.9 Å².